The summed E-state index contributed by atoms with van der Waals surface area (Å²) in [6.45, 7) is 5.59. The van der Waals surface area contributed by atoms with E-state index in [0.29, 0.717) is 17.0 Å². The predicted octanol–water partition coefficient (Wildman–Crippen LogP) is 3.74. The van der Waals surface area contributed by atoms with Gasteiger partial charge in [-0.15, -0.1) is 0 Å². The first-order chi connectivity index (χ1) is 15.2. The van der Waals surface area contributed by atoms with Crippen LogP contribution in [0.15, 0.2) is 53.1 Å². The summed E-state index contributed by atoms with van der Waals surface area (Å²) >= 11 is 0. The Labute approximate surface area is 183 Å². The van der Waals surface area contributed by atoms with Gasteiger partial charge in [0.05, 0.1) is 4.92 Å². The number of urea groups is 1. The van der Waals surface area contributed by atoms with E-state index in [-0.39, 0.29) is 23.9 Å². The summed E-state index contributed by atoms with van der Waals surface area (Å²) in [5.41, 5.74) is 0.870. The van der Waals surface area contributed by atoms with Crippen LogP contribution in [0.5, 0.6) is 0 Å². The van der Waals surface area contributed by atoms with Crippen LogP contribution < -0.4 is 5.32 Å². The molecule has 10 heteroatoms. The first-order valence-corrected chi connectivity index (χ1v) is 10.0. The number of hydrogen-bond donors (Lipinski definition) is 1. The average molecular weight is 435 g/mol. The number of non-ortho nitro benzene ring substituents is 1. The zero-order chi connectivity index (χ0) is 23.0. The molecule has 2 aromatic carbocycles. The fraction of sp³-hybridized carbons (Fsp3) is 0.273. The van der Waals surface area contributed by atoms with E-state index in [1.807, 2.05) is 24.3 Å². The fourth-order valence-corrected chi connectivity index (χ4v) is 3.57. The Morgan fingerprint density at radius 3 is 2.56 bits per heavy atom. The maximum absolute atomic E-state index is 13.1. The lowest BCUT2D eigenvalue weighted by molar-refractivity contribution is -0.384. The highest BCUT2D eigenvalue weighted by Gasteiger charge is 2.49. The zero-order valence-corrected chi connectivity index (χ0v) is 17.7. The summed E-state index contributed by atoms with van der Waals surface area (Å²) in [7, 11) is 0. The number of rotatable bonds is 6. The summed E-state index contributed by atoms with van der Waals surface area (Å²) in [4.78, 5) is 41.4. The lowest BCUT2D eigenvalue weighted by Gasteiger charge is -2.22. The average Bonchev–Trinajstić information content (AvgIpc) is 3.33. The number of nitro groups is 1. The number of carbonyl (C=O) groups excluding carboxylic acids is 2. The highest BCUT2D eigenvalue weighted by molar-refractivity contribution is 6.07. The molecule has 1 atom stereocenters. The molecule has 1 aliphatic rings. The molecule has 1 aliphatic heterocycles. The summed E-state index contributed by atoms with van der Waals surface area (Å²) in [6, 6.07) is 12.8. The number of nitro benzene ring substituents is 1. The Kier molecular flexibility index (Phi) is 5.21. The van der Waals surface area contributed by atoms with Crippen molar-refractivity contribution < 1.29 is 19.0 Å². The van der Waals surface area contributed by atoms with Crippen LogP contribution in [0.1, 0.15) is 43.7 Å². The molecule has 0 aliphatic carbocycles. The van der Waals surface area contributed by atoms with Gasteiger partial charge in [0, 0.05) is 17.7 Å². The summed E-state index contributed by atoms with van der Waals surface area (Å²) in [5.74, 6) is 0.0760. The lowest BCUT2D eigenvalue weighted by atomic mass is 9.90. The van der Waals surface area contributed by atoms with E-state index in [4.69, 9.17) is 4.52 Å². The van der Waals surface area contributed by atoms with Gasteiger partial charge in [0.25, 0.3) is 11.6 Å². The number of amides is 3. The van der Waals surface area contributed by atoms with E-state index in [1.165, 1.54) is 18.2 Å². The van der Waals surface area contributed by atoms with E-state index in [1.54, 1.807) is 13.0 Å². The van der Waals surface area contributed by atoms with Crippen LogP contribution in [0, 0.1) is 10.1 Å². The van der Waals surface area contributed by atoms with Gasteiger partial charge in [-0.05, 0) is 24.0 Å². The van der Waals surface area contributed by atoms with Crippen LogP contribution in [0.25, 0.3) is 11.4 Å². The molecule has 2 heterocycles. The molecular formula is C22H21N5O5. The van der Waals surface area contributed by atoms with E-state index < -0.39 is 22.4 Å². The highest BCUT2D eigenvalue weighted by atomic mass is 16.6. The van der Waals surface area contributed by atoms with Crippen molar-refractivity contribution in [2.75, 3.05) is 0 Å². The van der Waals surface area contributed by atoms with Gasteiger partial charge < -0.3 is 9.84 Å². The number of aromatic nitrogens is 2. The molecule has 10 nitrogen and oxygen atoms in total. The van der Waals surface area contributed by atoms with Gasteiger partial charge in [0.15, 0.2) is 0 Å². The number of benzene rings is 2. The first-order valence-electron chi connectivity index (χ1n) is 10.0. The van der Waals surface area contributed by atoms with Crippen molar-refractivity contribution in [2.24, 2.45) is 0 Å². The number of hydrogen-bond acceptors (Lipinski definition) is 7. The van der Waals surface area contributed by atoms with Gasteiger partial charge in [-0.1, -0.05) is 55.4 Å². The Morgan fingerprint density at radius 2 is 1.91 bits per heavy atom. The smallest absolute Gasteiger partial charge is 0.325 e. The first kappa shape index (κ1) is 21.2. The minimum atomic E-state index is -1.21. The third kappa shape index (κ3) is 3.70. The van der Waals surface area contributed by atoms with E-state index in [2.05, 4.69) is 29.3 Å². The second-order valence-corrected chi connectivity index (χ2v) is 8.04. The van der Waals surface area contributed by atoms with Crippen LogP contribution in [-0.4, -0.2) is 31.9 Å². The second kappa shape index (κ2) is 7.88. The maximum Gasteiger partial charge on any atom is 0.325 e. The quantitative estimate of drug-likeness (QED) is 0.354. The van der Waals surface area contributed by atoms with Crippen LogP contribution in [0.3, 0.4) is 0 Å². The van der Waals surface area contributed by atoms with Crippen LogP contribution >= 0.6 is 0 Å². The normalized spacial score (nSPS) is 18.3. The van der Waals surface area contributed by atoms with Crippen LogP contribution in [-0.2, 0) is 16.9 Å². The fourth-order valence-electron chi connectivity index (χ4n) is 3.57. The zero-order valence-electron chi connectivity index (χ0n) is 17.7. The molecule has 3 amide bonds. The third-order valence-electron chi connectivity index (χ3n) is 5.51. The molecule has 0 radical (unpaired) electrons. The Balaban J connectivity index is 1.54. The van der Waals surface area contributed by atoms with E-state index >= 15 is 0 Å². The number of nitrogens with zero attached hydrogens (tertiary/aromatic N) is 4. The topological polar surface area (TPSA) is 131 Å². The number of carbonyl (C=O) groups is 2. The molecule has 4 rings (SSSR count). The monoisotopic (exact) mass is 435 g/mol. The molecule has 1 aromatic heterocycles. The van der Waals surface area contributed by atoms with Gasteiger partial charge >= 0.3 is 6.03 Å². The van der Waals surface area contributed by atoms with Crippen LogP contribution in [0.4, 0.5) is 10.5 Å². The van der Waals surface area contributed by atoms with E-state index in [9.17, 15) is 19.7 Å². The van der Waals surface area contributed by atoms with Gasteiger partial charge in [0.1, 0.15) is 12.1 Å². The molecule has 164 valence electrons. The maximum atomic E-state index is 13.1. The second-order valence-electron chi connectivity index (χ2n) is 8.04. The summed E-state index contributed by atoms with van der Waals surface area (Å²) in [5, 5.41) is 17.5. The van der Waals surface area contributed by atoms with Crippen molar-refractivity contribution in [3.63, 3.8) is 0 Å². The van der Waals surface area contributed by atoms with Gasteiger partial charge in [-0.2, -0.15) is 4.98 Å². The number of nitrogens with one attached hydrogen (secondary N) is 1. The van der Waals surface area contributed by atoms with E-state index in [0.717, 1.165) is 10.5 Å². The molecular weight excluding hydrogens is 414 g/mol. The summed E-state index contributed by atoms with van der Waals surface area (Å²) in [6.07, 6.45) is 0. The highest BCUT2D eigenvalue weighted by Crippen LogP contribution is 2.31. The molecule has 0 saturated carbocycles. The molecule has 32 heavy (non-hydrogen) atoms. The SMILES string of the molecule is CC(C)c1ccc(C2(C)NC(=O)N(Cc3nc(-c4cccc([N+](=O)[O-])c4)no3)C2=O)cc1. The minimum absolute atomic E-state index is 0.0365. The third-order valence-corrected chi connectivity index (χ3v) is 5.51. The van der Waals surface area contributed by atoms with Gasteiger partial charge in [0.2, 0.25) is 11.7 Å². The molecule has 1 N–H and O–H groups in total. The molecule has 1 unspecified atom stereocenters. The molecule has 3 aromatic rings. The predicted molar refractivity (Wildman–Crippen MR) is 113 cm³/mol. The molecule has 0 spiro atoms. The van der Waals surface area contributed by atoms with Gasteiger partial charge in [-0.25, -0.2) is 4.79 Å². The van der Waals surface area contributed by atoms with Crippen LogP contribution in [0.2, 0.25) is 0 Å². The van der Waals surface area contributed by atoms with Crippen molar-refractivity contribution in [3.05, 3.63) is 75.7 Å². The van der Waals surface area contributed by atoms with Crippen molar-refractivity contribution in [1.82, 2.24) is 20.4 Å². The number of imide groups is 1. The Bertz CT molecular complexity index is 1200. The van der Waals surface area contributed by atoms with Crippen molar-refractivity contribution in [1.29, 1.82) is 0 Å². The van der Waals surface area contributed by atoms with Crippen molar-refractivity contribution in [2.45, 2.75) is 38.8 Å². The molecule has 1 saturated heterocycles. The summed E-state index contributed by atoms with van der Waals surface area (Å²) < 4.78 is 5.19. The standard InChI is InChI=1S/C22H21N5O5/c1-13(2)14-7-9-16(10-8-14)22(3)20(28)26(21(29)24-22)12-18-23-19(25-32-18)15-5-4-6-17(11-15)27(30)31/h4-11,13H,12H2,1-3H3,(H,24,29). The Morgan fingerprint density at radius 1 is 1.19 bits per heavy atom. The van der Waals surface area contributed by atoms with Gasteiger partial charge in [-0.3, -0.25) is 19.8 Å². The molecule has 1 fully saturated rings. The lowest BCUT2D eigenvalue weighted by Crippen LogP contribution is -2.40. The minimum Gasteiger partial charge on any atom is -0.337 e. The largest absolute Gasteiger partial charge is 0.337 e. The van der Waals surface area contributed by atoms with Crippen molar-refractivity contribution >= 4 is 17.6 Å². The van der Waals surface area contributed by atoms with Crippen molar-refractivity contribution in [3.8, 4) is 11.4 Å². The molecule has 0 bridgehead atoms. The Hall–Kier alpha value is -4.08.